The van der Waals surface area contributed by atoms with Gasteiger partial charge in [-0.25, -0.2) is 0 Å². The zero-order chi connectivity index (χ0) is 11.7. The first-order chi connectivity index (χ1) is 8.33. The highest BCUT2D eigenvalue weighted by molar-refractivity contribution is 4.90. The molecule has 98 valence electrons. The minimum Gasteiger partial charge on any atom is -0.326 e. The summed E-state index contributed by atoms with van der Waals surface area (Å²) in [6.07, 6.45) is 8.40. The van der Waals surface area contributed by atoms with Crippen LogP contribution in [0.3, 0.4) is 0 Å². The lowest BCUT2D eigenvalue weighted by Gasteiger charge is -2.32. The number of piperidine rings is 1. The molecule has 3 fully saturated rings. The molecule has 0 aromatic heterocycles. The summed E-state index contributed by atoms with van der Waals surface area (Å²) >= 11 is 0. The SMILES string of the molecule is NC(CN1CCC(N2CCCCC2)C1)C1CC1. The fourth-order valence-corrected chi connectivity index (χ4v) is 3.53. The topological polar surface area (TPSA) is 32.5 Å². The Balaban J connectivity index is 1.44. The van der Waals surface area contributed by atoms with Crippen molar-refractivity contribution in [1.29, 1.82) is 0 Å². The summed E-state index contributed by atoms with van der Waals surface area (Å²) in [6.45, 7) is 6.39. The number of hydrogen-bond acceptors (Lipinski definition) is 3. The van der Waals surface area contributed by atoms with Gasteiger partial charge >= 0.3 is 0 Å². The van der Waals surface area contributed by atoms with Gasteiger partial charge in [-0.3, -0.25) is 4.90 Å². The molecule has 0 radical (unpaired) electrons. The maximum absolute atomic E-state index is 6.23. The normalized spacial score (nSPS) is 34.1. The van der Waals surface area contributed by atoms with Gasteiger partial charge in [-0.05, 0) is 57.7 Å². The van der Waals surface area contributed by atoms with Gasteiger partial charge in [0.05, 0.1) is 0 Å². The van der Waals surface area contributed by atoms with Crippen molar-refractivity contribution >= 4 is 0 Å². The van der Waals surface area contributed by atoms with Crippen molar-refractivity contribution in [2.45, 2.75) is 50.6 Å². The van der Waals surface area contributed by atoms with E-state index in [0.717, 1.165) is 18.5 Å². The number of rotatable bonds is 4. The van der Waals surface area contributed by atoms with Gasteiger partial charge in [0.2, 0.25) is 0 Å². The van der Waals surface area contributed by atoms with Crippen molar-refractivity contribution in [2.24, 2.45) is 11.7 Å². The predicted octanol–water partition coefficient (Wildman–Crippen LogP) is 1.28. The van der Waals surface area contributed by atoms with E-state index in [-0.39, 0.29) is 0 Å². The van der Waals surface area contributed by atoms with Gasteiger partial charge < -0.3 is 10.6 Å². The minimum atomic E-state index is 0.454. The zero-order valence-electron chi connectivity index (χ0n) is 11.0. The molecular weight excluding hydrogens is 210 g/mol. The second-order valence-corrected chi connectivity index (χ2v) is 6.30. The smallest absolute Gasteiger partial charge is 0.0235 e. The average molecular weight is 237 g/mol. The third-order valence-electron chi connectivity index (χ3n) is 4.85. The van der Waals surface area contributed by atoms with Gasteiger partial charge in [0.25, 0.3) is 0 Å². The number of hydrogen-bond donors (Lipinski definition) is 1. The van der Waals surface area contributed by atoms with Crippen molar-refractivity contribution in [1.82, 2.24) is 9.80 Å². The third kappa shape index (κ3) is 3.01. The van der Waals surface area contributed by atoms with Gasteiger partial charge in [0.15, 0.2) is 0 Å². The molecule has 3 rings (SSSR count). The van der Waals surface area contributed by atoms with Gasteiger partial charge in [-0.15, -0.1) is 0 Å². The molecule has 2 saturated heterocycles. The van der Waals surface area contributed by atoms with Crippen molar-refractivity contribution in [2.75, 3.05) is 32.7 Å². The van der Waals surface area contributed by atoms with Crippen LogP contribution in [0.4, 0.5) is 0 Å². The van der Waals surface area contributed by atoms with Crippen molar-refractivity contribution in [3.8, 4) is 0 Å². The quantitative estimate of drug-likeness (QED) is 0.799. The van der Waals surface area contributed by atoms with Crippen LogP contribution in [-0.4, -0.2) is 54.6 Å². The first kappa shape index (κ1) is 11.9. The lowest BCUT2D eigenvalue weighted by atomic mass is 10.1. The monoisotopic (exact) mass is 237 g/mol. The lowest BCUT2D eigenvalue weighted by molar-refractivity contribution is 0.160. The highest BCUT2D eigenvalue weighted by Crippen LogP contribution is 2.32. The number of nitrogens with two attached hydrogens (primary N) is 1. The maximum Gasteiger partial charge on any atom is 0.0235 e. The molecule has 3 aliphatic rings. The van der Waals surface area contributed by atoms with Crippen LogP contribution in [0.25, 0.3) is 0 Å². The molecule has 0 aromatic rings. The lowest BCUT2D eigenvalue weighted by Crippen LogP contribution is -2.43. The van der Waals surface area contributed by atoms with Gasteiger partial charge in [-0.2, -0.15) is 0 Å². The molecular formula is C14H27N3. The highest BCUT2D eigenvalue weighted by atomic mass is 15.3. The van der Waals surface area contributed by atoms with Gasteiger partial charge in [0.1, 0.15) is 0 Å². The van der Waals surface area contributed by atoms with Gasteiger partial charge in [-0.1, -0.05) is 6.42 Å². The zero-order valence-corrected chi connectivity index (χ0v) is 11.0. The summed E-state index contributed by atoms with van der Waals surface area (Å²) in [5, 5.41) is 0. The van der Waals surface area contributed by atoms with Crippen LogP contribution in [0.2, 0.25) is 0 Å². The Morgan fingerprint density at radius 1 is 1.00 bits per heavy atom. The van der Waals surface area contributed by atoms with Crippen LogP contribution in [0, 0.1) is 5.92 Å². The number of nitrogens with zero attached hydrogens (tertiary/aromatic N) is 2. The largest absolute Gasteiger partial charge is 0.326 e. The molecule has 1 saturated carbocycles. The molecule has 1 aliphatic carbocycles. The summed E-state index contributed by atoms with van der Waals surface area (Å²) in [5.41, 5.74) is 6.23. The molecule has 2 heterocycles. The van der Waals surface area contributed by atoms with E-state index < -0.39 is 0 Å². The predicted molar refractivity (Wildman–Crippen MR) is 71.0 cm³/mol. The van der Waals surface area contributed by atoms with Gasteiger partial charge in [0, 0.05) is 25.2 Å². The van der Waals surface area contributed by atoms with E-state index >= 15 is 0 Å². The van der Waals surface area contributed by atoms with E-state index in [2.05, 4.69) is 9.80 Å². The van der Waals surface area contributed by atoms with E-state index in [1.54, 1.807) is 0 Å². The van der Waals surface area contributed by atoms with Crippen LogP contribution in [0.15, 0.2) is 0 Å². The Kier molecular flexibility index (Phi) is 3.69. The molecule has 2 aliphatic heterocycles. The van der Waals surface area contributed by atoms with E-state index in [9.17, 15) is 0 Å². The Labute approximate surface area is 105 Å². The van der Waals surface area contributed by atoms with E-state index in [1.165, 1.54) is 64.7 Å². The molecule has 0 amide bonds. The molecule has 3 heteroatoms. The molecule has 0 bridgehead atoms. The molecule has 2 N–H and O–H groups in total. The first-order valence-corrected chi connectivity index (χ1v) is 7.55. The van der Waals surface area contributed by atoms with Crippen molar-refractivity contribution < 1.29 is 0 Å². The second kappa shape index (κ2) is 5.25. The third-order valence-corrected chi connectivity index (χ3v) is 4.85. The molecule has 0 aromatic carbocycles. The fraction of sp³-hybridized carbons (Fsp3) is 1.00. The van der Waals surface area contributed by atoms with Crippen molar-refractivity contribution in [3.05, 3.63) is 0 Å². The molecule has 17 heavy (non-hydrogen) atoms. The summed E-state index contributed by atoms with van der Waals surface area (Å²) in [6, 6.07) is 1.29. The van der Waals surface area contributed by atoms with Crippen LogP contribution >= 0.6 is 0 Å². The van der Waals surface area contributed by atoms with Crippen LogP contribution in [0.5, 0.6) is 0 Å². The molecule has 0 spiro atoms. The van der Waals surface area contributed by atoms with E-state index in [1.807, 2.05) is 0 Å². The standard InChI is InChI=1S/C14H27N3/c15-14(12-4-5-12)11-16-9-6-13(10-16)17-7-2-1-3-8-17/h12-14H,1-11,15H2. The summed E-state index contributed by atoms with van der Waals surface area (Å²) in [5.74, 6) is 0.851. The number of likely N-dealkylation sites (tertiary alicyclic amines) is 2. The Morgan fingerprint density at radius 2 is 1.76 bits per heavy atom. The Hall–Kier alpha value is -0.120. The van der Waals surface area contributed by atoms with Crippen LogP contribution in [-0.2, 0) is 0 Å². The highest BCUT2D eigenvalue weighted by Gasteiger charge is 2.33. The van der Waals surface area contributed by atoms with E-state index in [0.29, 0.717) is 6.04 Å². The summed E-state index contributed by atoms with van der Waals surface area (Å²) in [4.78, 5) is 5.34. The maximum atomic E-state index is 6.23. The summed E-state index contributed by atoms with van der Waals surface area (Å²) < 4.78 is 0. The Bertz CT molecular complexity index is 246. The van der Waals surface area contributed by atoms with Crippen LogP contribution < -0.4 is 5.73 Å². The first-order valence-electron chi connectivity index (χ1n) is 7.55. The van der Waals surface area contributed by atoms with E-state index in [4.69, 9.17) is 5.73 Å². The molecule has 2 unspecified atom stereocenters. The minimum absolute atomic E-state index is 0.454. The second-order valence-electron chi connectivity index (χ2n) is 6.30. The molecule has 3 nitrogen and oxygen atoms in total. The average Bonchev–Trinajstić information content (AvgIpc) is 3.12. The van der Waals surface area contributed by atoms with Crippen molar-refractivity contribution in [3.63, 3.8) is 0 Å². The van der Waals surface area contributed by atoms with Crippen LogP contribution in [0.1, 0.15) is 38.5 Å². The Morgan fingerprint density at radius 3 is 2.47 bits per heavy atom. The summed E-state index contributed by atoms with van der Waals surface area (Å²) in [7, 11) is 0. The molecule has 2 atom stereocenters. The fourth-order valence-electron chi connectivity index (χ4n) is 3.53.